The summed E-state index contributed by atoms with van der Waals surface area (Å²) in [6.07, 6.45) is 0. The molecule has 2 rings (SSSR count). The Kier molecular flexibility index (Phi) is 2.41. The lowest BCUT2D eigenvalue weighted by Gasteiger charge is -2.07. The maximum Gasteiger partial charge on any atom is 0.282 e. The van der Waals surface area contributed by atoms with Gasteiger partial charge in [0.25, 0.3) is 6.02 Å². The Morgan fingerprint density at radius 2 is 2.36 bits per heavy atom. The molecule has 1 aliphatic heterocycles. The quantitative estimate of drug-likeness (QED) is 0.838. The average molecular weight is 259 g/mol. The Labute approximate surface area is 88.9 Å². The van der Waals surface area contributed by atoms with Crippen LogP contribution in [0.3, 0.4) is 0 Å². The molecule has 14 heavy (non-hydrogen) atoms. The maximum absolute atomic E-state index is 12.8. The van der Waals surface area contributed by atoms with Crippen LogP contribution in [0.5, 0.6) is 0 Å². The molecule has 2 N–H and O–H groups in total. The number of aliphatic imine (C=N–C) groups is 1. The van der Waals surface area contributed by atoms with Crippen molar-refractivity contribution in [1.82, 2.24) is 0 Å². The van der Waals surface area contributed by atoms with Crippen molar-refractivity contribution in [2.24, 2.45) is 10.7 Å². The summed E-state index contributed by atoms with van der Waals surface area (Å²) in [6, 6.07) is 4.52. The van der Waals surface area contributed by atoms with Gasteiger partial charge in [0, 0.05) is 4.47 Å². The van der Waals surface area contributed by atoms with Crippen molar-refractivity contribution in [2.75, 3.05) is 6.61 Å². The molecule has 1 aromatic carbocycles. The molecule has 1 atom stereocenters. The van der Waals surface area contributed by atoms with E-state index in [0.717, 1.165) is 5.56 Å². The molecule has 74 valence electrons. The number of nitrogens with zero attached hydrogens (tertiary/aromatic N) is 1. The summed E-state index contributed by atoms with van der Waals surface area (Å²) in [5.74, 6) is -0.281. The summed E-state index contributed by atoms with van der Waals surface area (Å²) in [4.78, 5) is 4.07. The van der Waals surface area contributed by atoms with Gasteiger partial charge in [0.1, 0.15) is 18.5 Å². The van der Waals surface area contributed by atoms with Crippen molar-refractivity contribution in [3.8, 4) is 0 Å². The van der Waals surface area contributed by atoms with Crippen molar-refractivity contribution in [3.63, 3.8) is 0 Å². The summed E-state index contributed by atoms with van der Waals surface area (Å²) in [7, 11) is 0. The second-order valence-corrected chi connectivity index (χ2v) is 3.81. The number of hydrogen-bond donors (Lipinski definition) is 1. The van der Waals surface area contributed by atoms with Gasteiger partial charge in [-0.2, -0.15) is 0 Å². The fourth-order valence-corrected chi connectivity index (χ4v) is 1.94. The number of rotatable bonds is 1. The minimum atomic E-state index is -0.281. The maximum atomic E-state index is 12.8. The highest BCUT2D eigenvalue weighted by atomic mass is 79.9. The fourth-order valence-electron chi connectivity index (χ4n) is 1.32. The van der Waals surface area contributed by atoms with Crippen molar-refractivity contribution >= 4 is 22.0 Å². The van der Waals surface area contributed by atoms with E-state index in [4.69, 9.17) is 10.5 Å². The number of halogens is 2. The highest BCUT2D eigenvalue weighted by Crippen LogP contribution is 2.29. The van der Waals surface area contributed by atoms with E-state index in [1.54, 1.807) is 6.07 Å². The second-order valence-electron chi connectivity index (χ2n) is 2.96. The van der Waals surface area contributed by atoms with Gasteiger partial charge in [-0.15, -0.1) is 0 Å². The van der Waals surface area contributed by atoms with Gasteiger partial charge < -0.3 is 10.5 Å². The first-order chi connectivity index (χ1) is 6.66. The van der Waals surface area contributed by atoms with E-state index in [2.05, 4.69) is 20.9 Å². The molecule has 0 spiro atoms. The van der Waals surface area contributed by atoms with Crippen LogP contribution >= 0.6 is 15.9 Å². The molecule has 0 fully saturated rings. The number of ether oxygens (including phenoxy) is 1. The van der Waals surface area contributed by atoms with Crippen molar-refractivity contribution in [1.29, 1.82) is 0 Å². The molecular weight excluding hydrogens is 251 g/mol. The number of nitrogens with two attached hydrogens (primary N) is 1. The van der Waals surface area contributed by atoms with Crippen LogP contribution < -0.4 is 5.73 Å². The minimum Gasteiger partial charge on any atom is -0.463 e. The van der Waals surface area contributed by atoms with Gasteiger partial charge in [-0.05, 0) is 17.7 Å². The van der Waals surface area contributed by atoms with Crippen LogP contribution in [-0.2, 0) is 4.74 Å². The van der Waals surface area contributed by atoms with Gasteiger partial charge in [0.15, 0.2) is 0 Å². The summed E-state index contributed by atoms with van der Waals surface area (Å²) in [6.45, 7) is 0.413. The number of benzene rings is 1. The SMILES string of the molecule is NC1=NC(c2ccc(F)cc2Br)CO1. The first-order valence-electron chi connectivity index (χ1n) is 4.08. The zero-order valence-corrected chi connectivity index (χ0v) is 8.79. The Morgan fingerprint density at radius 3 is 2.93 bits per heavy atom. The lowest BCUT2D eigenvalue weighted by atomic mass is 10.1. The van der Waals surface area contributed by atoms with Crippen LogP contribution in [0.2, 0.25) is 0 Å². The Morgan fingerprint density at radius 1 is 1.57 bits per heavy atom. The Balaban J connectivity index is 2.33. The van der Waals surface area contributed by atoms with Crippen LogP contribution in [0.1, 0.15) is 11.6 Å². The van der Waals surface area contributed by atoms with Gasteiger partial charge >= 0.3 is 0 Å². The fraction of sp³-hybridized carbons (Fsp3) is 0.222. The third-order valence-corrected chi connectivity index (χ3v) is 2.68. The van der Waals surface area contributed by atoms with Gasteiger partial charge in [-0.1, -0.05) is 22.0 Å². The van der Waals surface area contributed by atoms with Gasteiger partial charge in [0.05, 0.1) is 0 Å². The number of amidine groups is 1. The molecule has 0 saturated heterocycles. The van der Waals surface area contributed by atoms with E-state index in [-0.39, 0.29) is 17.9 Å². The standard InChI is InChI=1S/C9H8BrFN2O/c10-7-3-5(11)1-2-6(7)8-4-14-9(12)13-8/h1-3,8H,4H2,(H2,12,13). The third kappa shape index (κ3) is 1.72. The molecular formula is C9H8BrFN2O. The lowest BCUT2D eigenvalue weighted by molar-refractivity contribution is 0.314. The topological polar surface area (TPSA) is 47.6 Å². The monoisotopic (exact) mass is 258 g/mol. The molecule has 0 amide bonds. The molecule has 3 nitrogen and oxygen atoms in total. The van der Waals surface area contributed by atoms with Crippen LogP contribution in [0, 0.1) is 5.82 Å². The molecule has 0 aromatic heterocycles. The summed E-state index contributed by atoms with van der Waals surface area (Å²) in [5, 5.41) is 0. The van der Waals surface area contributed by atoms with E-state index in [0.29, 0.717) is 11.1 Å². The van der Waals surface area contributed by atoms with Crippen LogP contribution in [0.25, 0.3) is 0 Å². The predicted molar refractivity (Wildman–Crippen MR) is 54.4 cm³/mol. The molecule has 5 heteroatoms. The van der Waals surface area contributed by atoms with Gasteiger partial charge in [0.2, 0.25) is 0 Å². The van der Waals surface area contributed by atoms with E-state index in [1.165, 1.54) is 12.1 Å². The summed E-state index contributed by atoms with van der Waals surface area (Å²) >= 11 is 3.27. The molecule has 0 radical (unpaired) electrons. The average Bonchev–Trinajstić information content (AvgIpc) is 2.51. The number of hydrogen-bond acceptors (Lipinski definition) is 3. The van der Waals surface area contributed by atoms with Crippen LogP contribution in [-0.4, -0.2) is 12.6 Å². The van der Waals surface area contributed by atoms with Gasteiger partial charge in [-0.3, -0.25) is 0 Å². The molecule has 1 heterocycles. The van der Waals surface area contributed by atoms with Gasteiger partial charge in [-0.25, -0.2) is 9.38 Å². The molecule has 1 unspecified atom stereocenters. The molecule has 0 aliphatic carbocycles. The molecule has 1 aliphatic rings. The van der Waals surface area contributed by atoms with Crippen molar-refractivity contribution in [3.05, 3.63) is 34.1 Å². The zero-order valence-electron chi connectivity index (χ0n) is 7.21. The highest BCUT2D eigenvalue weighted by molar-refractivity contribution is 9.10. The predicted octanol–water partition coefficient (Wildman–Crippen LogP) is 1.97. The third-order valence-electron chi connectivity index (χ3n) is 1.99. The Bertz CT molecular complexity index is 394. The zero-order chi connectivity index (χ0) is 10.1. The van der Waals surface area contributed by atoms with E-state index < -0.39 is 0 Å². The van der Waals surface area contributed by atoms with E-state index in [9.17, 15) is 4.39 Å². The molecule has 1 aromatic rings. The molecule has 0 saturated carbocycles. The largest absolute Gasteiger partial charge is 0.463 e. The first kappa shape index (κ1) is 9.45. The van der Waals surface area contributed by atoms with Crippen molar-refractivity contribution in [2.45, 2.75) is 6.04 Å². The van der Waals surface area contributed by atoms with Crippen LogP contribution in [0.4, 0.5) is 4.39 Å². The normalized spacial score (nSPS) is 20.4. The summed E-state index contributed by atoms with van der Waals surface area (Å²) in [5.41, 5.74) is 6.26. The lowest BCUT2D eigenvalue weighted by Crippen LogP contribution is -2.10. The molecule has 0 bridgehead atoms. The highest BCUT2D eigenvalue weighted by Gasteiger charge is 2.20. The minimum absolute atomic E-state index is 0.134. The smallest absolute Gasteiger partial charge is 0.282 e. The van der Waals surface area contributed by atoms with Crippen LogP contribution in [0.15, 0.2) is 27.7 Å². The van der Waals surface area contributed by atoms with E-state index >= 15 is 0 Å². The Hall–Kier alpha value is -1.10. The van der Waals surface area contributed by atoms with Crippen molar-refractivity contribution < 1.29 is 9.13 Å². The first-order valence-corrected chi connectivity index (χ1v) is 4.87. The second kappa shape index (κ2) is 3.57. The van der Waals surface area contributed by atoms with E-state index in [1.807, 2.05) is 0 Å². The summed E-state index contributed by atoms with van der Waals surface area (Å²) < 4.78 is 18.5.